The molecule has 5 nitrogen and oxygen atoms in total. The second-order valence-electron chi connectivity index (χ2n) is 6.14. The number of rotatable bonds is 3. The average Bonchev–Trinajstić information content (AvgIpc) is 2.55. The van der Waals surface area contributed by atoms with E-state index in [0.717, 1.165) is 5.56 Å². The van der Waals surface area contributed by atoms with Crippen molar-refractivity contribution in [3.63, 3.8) is 0 Å². The molecule has 1 aromatic heterocycles. The highest BCUT2D eigenvalue weighted by Gasteiger charge is 2.28. The lowest BCUT2D eigenvalue weighted by molar-refractivity contribution is -0.118. The molecule has 1 aliphatic rings. The minimum Gasteiger partial charge on any atom is -0.294 e. The Bertz CT molecular complexity index is 741. The molecule has 0 radical (unpaired) electrons. The monoisotopic (exact) mass is 309 g/mol. The SMILES string of the molecule is CC(C)C(=O)Nc1ncc2c(n1)C[C@H](c1ccccc1)CC2=O. The number of hydrogen-bond acceptors (Lipinski definition) is 4. The van der Waals surface area contributed by atoms with Gasteiger partial charge in [-0.3, -0.25) is 14.9 Å². The number of benzene rings is 1. The molecular weight excluding hydrogens is 290 g/mol. The molecule has 1 amide bonds. The van der Waals surface area contributed by atoms with Gasteiger partial charge in [-0.1, -0.05) is 44.2 Å². The van der Waals surface area contributed by atoms with E-state index in [-0.39, 0.29) is 29.5 Å². The van der Waals surface area contributed by atoms with E-state index in [9.17, 15) is 9.59 Å². The van der Waals surface area contributed by atoms with Crippen LogP contribution in [0.1, 0.15) is 47.8 Å². The first-order chi connectivity index (χ1) is 11.0. The van der Waals surface area contributed by atoms with Crippen molar-refractivity contribution >= 4 is 17.6 Å². The molecular formula is C18H19N3O2. The molecule has 1 N–H and O–H groups in total. The van der Waals surface area contributed by atoms with Gasteiger partial charge in [0.05, 0.1) is 11.3 Å². The molecule has 0 unspecified atom stereocenters. The lowest BCUT2D eigenvalue weighted by atomic mass is 9.82. The molecule has 3 rings (SSSR count). The summed E-state index contributed by atoms with van der Waals surface area (Å²) in [7, 11) is 0. The van der Waals surface area contributed by atoms with E-state index in [1.807, 2.05) is 44.2 Å². The predicted molar refractivity (Wildman–Crippen MR) is 87.3 cm³/mol. The van der Waals surface area contributed by atoms with Crippen LogP contribution in [0.5, 0.6) is 0 Å². The van der Waals surface area contributed by atoms with E-state index in [0.29, 0.717) is 24.1 Å². The predicted octanol–water partition coefficient (Wildman–Crippen LogP) is 2.98. The quantitative estimate of drug-likeness (QED) is 0.946. The van der Waals surface area contributed by atoms with Gasteiger partial charge in [-0.25, -0.2) is 9.97 Å². The van der Waals surface area contributed by atoms with Crippen LogP contribution in [0.2, 0.25) is 0 Å². The highest BCUT2D eigenvalue weighted by Crippen LogP contribution is 2.31. The summed E-state index contributed by atoms with van der Waals surface area (Å²) in [4.78, 5) is 32.6. The Balaban J connectivity index is 1.87. The normalized spacial score (nSPS) is 17.0. The van der Waals surface area contributed by atoms with Gasteiger partial charge in [0.1, 0.15) is 0 Å². The van der Waals surface area contributed by atoms with Crippen molar-refractivity contribution in [3.05, 3.63) is 53.3 Å². The first-order valence-electron chi connectivity index (χ1n) is 7.79. The number of aromatic nitrogens is 2. The van der Waals surface area contributed by atoms with Gasteiger partial charge in [-0.2, -0.15) is 0 Å². The summed E-state index contributed by atoms with van der Waals surface area (Å²) in [6.45, 7) is 3.62. The topological polar surface area (TPSA) is 72.0 Å². The second-order valence-corrected chi connectivity index (χ2v) is 6.14. The number of ketones is 1. The number of anilines is 1. The first-order valence-corrected chi connectivity index (χ1v) is 7.79. The highest BCUT2D eigenvalue weighted by atomic mass is 16.2. The first kappa shape index (κ1) is 15.3. The Morgan fingerprint density at radius 1 is 1.22 bits per heavy atom. The molecule has 1 aliphatic carbocycles. The standard InChI is InChI=1S/C18H19N3O2/c1-11(2)17(23)21-18-19-10-14-15(20-18)8-13(9-16(14)22)12-6-4-3-5-7-12/h3-7,10-11,13H,8-9H2,1-2H3,(H,19,20,21,23)/t13-/m0/s1. The summed E-state index contributed by atoms with van der Waals surface area (Å²) in [6, 6.07) is 9.98. The molecule has 2 aromatic rings. The van der Waals surface area contributed by atoms with Crippen LogP contribution in [0, 0.1) is 5.92 Å². The van der Waals surface area contributed by atoms with Gasteiger partial charge in [0.2, 0.25) is 11.9 Å². The smallest absolute Gasteiger partial charge is 0.229 e. The van der Waals surface area contributed by atoms with Crippen LogP contribution in [-0.4, -0.2) is 21.7 Å². The van der Waals surface area contributed by atoms with Gasteiger partial charge in [-0.15, -0.1) is 0 Å². The third-order valence-electron chi connectivity index (χ3n) is 4.07. The maximum Gasteiger partial charge on any atom is 0.229 e. The van der Waals surface area contributed by atoms with Crippen LogP contribution < -0.4 is 5.32 Å². The molecule has 5 heteroatoms. The summed E-state index contributed by atoms with van der Waals surface area (Å²) in [5, 5.41) is 2.69. The van der Waals surface area contributed by atoms with E-state index < -0.39 is 0 Å². The average molecular weight is 309 g/mol. The third kappa shape index (κ3) is 3.28. The molecule has 1 aromatic carbocycles. The number of carbonyl (C=O) groups is 2. The van der Waals surface area contributed by atoms with Crippen LogP contribution in [0.25, 0.3) is 0 Å². The number of fused-ring (bicyclic) bond motifs is 1. The van der Waals surface area contributed by atoms with Crippen LogP contribution in [-0.2, 0) is 11.2 Å². The van der Waals surface area contributed by atoms with E-state index in [4.69, 9.17) is 0 Å². The Morgan fingerprint density at radius 2 is 1.96 bits per heavy atom. The highest BCUT2D eigenvalue weighted by molar-refractivity contribution is 5.99. The van der Waals surface area contributed by atoms with E-state index in [1.165, 1.54) is 6.20 Å². The molecule has 1 atom stereocenters. The van der Waals surface area contributed by atoms with Gasteiger partial charge >= 0.3 is 0 Å². The fourth-order valence-electron chi connectivity index (χ4n) is 2.72. The van der Waals surface area contributed by atoms with E-state index >= 15 is 0 Å². The molecule has 23 heavy (non-hydrogen) atoms. The lowest BCUT2D eigenvalue weighted by Crippen LogP contribution is -2.23. The Morgan fingerprint density at radius 3 is 2.65 bits per heavy atom. The van der Waals surface area contributed by atoms with Gasteiger partial charge in [0, 0.05) is 18.5 Å². The van der Waals surface area contributed by atoms with Crippen molar-refractivity contribution < 1.29 is 9.59 Å². The zero-order valence-electron chi connectivity index (χ0n) is 13.2. The minimum absolute atomic E-state index is 0.0573. The van der Waals surface area contributed by atoms with Crippen LogP contribution >= 0.6 is 0 Å². The molecule has 0 bridgehead atoms. The fourth-order valence-corrected chi connectivity index (χ4v) is 2.72. The van der Waals surface area contributed by atoms with Gasteiger partial charge in [0.25, 0.3) is 0 Å². The molecule has 0 spiro atoms. The number of nitrogens with one attached hydrogen (secondary N) is 1. The van der Waals surface area contributed by atoms with Crippen LogP contribution in [0.4, 0.5) is 5.95 Å². The van der Waals surface area contributed by atoms with Crippen molar-refractivity contribution in [1.29, 1.82) is 0 Å². The summed E-state index contributed by atoms with van der Waals surface area (Å²) in [6.07, 6.45) is 2.68. The Hall–Kier alpha value is -2.56. The van der Waals surface area contributed by atoms with E-state index in [2.05, 4.69) is 15.3 Å². The Labute approximate surface area is 135 Å². The van der Waals surface area contributed by atoms with Crippen molar-refractivity contribution in [2.24, 2.45) is 5.92 Å². The molecule has 0 saturated heterocycles. The van der Waals surface area contributed by atoms with Crippen molar-refractivity contribution in [1.82, 2.24) is 9.97 Å². The van der Waals surface area contributed by atoms with Crippen LogP contribution in [0.15, 0.2) is 36.5 Å². The number of hydrogen-bond donors (Lipinski definition) is 1. The largest absolute Gasteiger partial charge is 0.294 e. The summed E-state index contributed by atoms with van der Waals surface area (Å²) in [5.41, 5.74) is 2.42. The molecule has 1 heterocycles. The summed E-state index contributed by atoms with van der Waals surface area (Å²) in [5.74, 6) is 0.172. The van der Waals surface area contributed by atoms with Crippen LogP contribution in [0.3, 0.4) is 0 Å². The zero-order valence-corrected chi connectivity index (χ0v) is 13.2. The second kappa shape index (κ2) is 6.28. The van der Waals surface area contributed by atoms with Gasteiger partial charge < -0.3 is 0 Å². The van der Waals surface area contributed by atoms with Crippen molar-refractivity contribution in [2.75, 3.05) is 5.32 Å². The maximum absolute atomic E-state index is 12.3. The summed E-state index contributed by atoms with van der Waals surface area (Å²) >= 11 is 0. The van der Waals surface area contributed by atoms with Gasteiger partial charge in [0.15, 0.2) is 5.78 Å². The minimum atomic E-state index is -0.145. The molecule has 0 saturated carbocycles. The Kier molecular flexibility index (Phi) is 4.19. The number of carbonyl (C=O) groups excluding carboxylic acids is 2. The molecule has 118 valence electrons. The van der Waals surface area contributed by atoms with Crippen molar-refractivity contribution in [2.45, 2.75) is 32.6 Å². The van der Waals surface area contributed by atoms with E-state index in [1.54, 1.807) is 0 Å². The maximum atomic E-state index is 12.3. The number of nitrogens with zero attached hydrogens (tertiary/aromatic N) is 2. The third-order valence-corrected chi connectivity index (χ3v) is 4.07. The molecule has 0 aliphatic heterocycles. The summed E-state index contributed by atoms with van der Waals surface area (Å²) < 4.78 is 0. The van der Waals surface area contributed by atoms with Crippen molar-refractivity contribution in [3.8, 4) is 0 Å². The van der Waals surface area contributed by atoms with Gasteiger partial charge in [-0.05, 0) is 17.9 Å². The zero-order chi connectivity index (χ0) is 16.4. The number of Topliss-reactive ketones (excluding diaryl/α,β-unsaturated/α-hetero) is 1. The fraction of sp³-hybridized carbons (Fsp3) is 0.333. The molecule has 0 fully saturated rings. The number of amides is 1. The lowest BCUT2D eigenvalue weighted by Gasteiger charge is -2.23.